The topological polar surface area (TPSA) is 52.6 Å². The summed E-state index contributed by atoms with van der Waals surface area (Å²) >= 11 is 0. The molecule has 0 aliphatic carbocycles. The van der Waals surface area contributed by atoms with Crippen LogP contribution in [0.4, 0.5) is 4.11 Å². The zero-order valence-corrected chi connectivity index (χ0v) is 9.90. The first-order chi connectivity index (χ1) is 7.44. The summed E-state index contributed by atoms with van der Waals surface area (Å²) in [6, 6.07) is 7.66. The predicted octanol–water partition coefficient (Wildman–Crippen LogP) is 0.928. The summed E-state index contributed by atoms with van der Waals surface area (Å²) in [6.07, 6.45) is 0. The lowest BCUT2D eigenvalue weighted by atomic mass is 10.4. The quantitative estimate of drug-likeness (QED) is 0.584. The third kappa shape index (κ3) is 3.16. The van der Waals surface area contributed by atoms with Gasteiger partial charge in [0.1, 0.15) is 0 Å². The van der Waals surface area contributed by atoms with E-state index in [0.717, 1.165) is 13.8 Å². The van der Waals surface area contributed by atoms with Crippen molar-refractivity contribution in [3.63, 3.8) is 0 Å². The molecule has 86 valence electrons. The Labute approximate surface area is 93.4 Å². The Bertz CT molecular complexity index is 377. The molecule has 1 rings (SSSR count). The Balaban J connectivity index is 3.04. The highest BCUT2D eigenvalue weighted by Gasteiger charge is 2.49. The first-order valence-corrected chi connectivity index (χ1v) is 6.27. The molecule has 0 aliphatic heterocycles. The van der Waals surface area contributed by atoms with Crippen LogP contribution in [0.25, 0.3) is 0 Å². The molecule has 0 heterocycles. The number of hydrogen-bond donors (Lipinski definition) is 0. The van der Waals surface area contributed by atoms with E-state index < -0.39 is 20.8 Å². The Morgan fingerprint density at radius 3 is 1.88 bits per heavy atom. The van der Waals surface area contributed by atoms with Gasteiger partial charge in [-0.2, -0.15) is 0 Å². The van der Waals surface area contributed by atoms with Crippen LogP contribution in [0.2, 0.25) is 0 Å². The smallest absolute Gasteiger partial charge is 0.458 e. The maximum absolute atomic E-state index is 14.3. The third-order valence-corrected chi connectivity index (χ3v) is 3.79. The lowest BCUT2D eigenvalue weighted by Crippen LogP contribution is -2.52. The molecule has 1 aromatic carbocycles. The highest BCUT2D eigenvalue weighted by Crippen LogP contribution is 2.10. The highest BCUT2D eigenvalue weighted by molar-refractivity contribution is 6.77. The summed E-state index contributed by atoms with van der Waals surface area (Å²) < 4.78 is 23.3. The van der Waals surface area contributed by atoms with Crippen LogP contribution in [0.15, 0.2) is 30.3 Å². The van der Waals surface area contributed by atoms with E-state index in [9.17, 15) is 13.7 Å². The van der Waals surface area contributed by atoms with Crippen molar-refractivity contribution in [2.75, 3.05) is 0 Å². The molecule has 0 aliphatic rings. The van der Waals surface area contributed by atoms with Crippen LogP contribution >= 0.6 is 0 Å². The molecule has 1 aromatic rings. The molecule has 4 nitrogen and oxygen atoms in total. The van der Waals surface area contributed by atoms with Gasteiger partial charge in [-0.1, -0.05) is 30.3 Å². The first-order valence-electron chi connectivity index (χ1n) is 4.57. The fourth-order valence-electron chi connectivity index (χ4n) is 1.15. The normalized spacial score (nSPS) is 10.7. The average Bonchev–Trinajstić information content (AvgIpc) is 2.16. The summed E-state index contributed by atoms with van der Waals surface area (Å²) in [5.41, 5.74) is 0. The molecular formula is C10H11FO4Si. The van der Waals surface area contributed by atoms with Gasteiger partial charge in [0, 0.05) is 13.8 Å². The molecule has 0 N–H and O–H groups in total. The van der Waals surface area contributed by atoms with E-state index in [2.05, 4.69) is 8.85 Å². The van der Waals surface area contributed by atoms with Crippen LogP contribution < -0.4 is 5.19 Å². The van der Waals surface area contributed by atoms with Crippen molar-refractivity contribution in [3.8, 4) is 0 Å². The van der Waals surface area contributed by atoms with Crippen LogP contribution in [0.3, 0.4) is 0 Å². The molecule has 0 spiro atoms. The van der Waals surface area contributed by atoms with Crippen molar-refractivity contribution in [3.05, 3.63) is 30.3 Å². The molecule has 0 saturated carbocycles. The van der Waals surface area contributed by atoms with Gasteiger partial charge in [0.05, 0.1) is 5.19 Å². The second-order valence-electron chi connectivity index (χ2n) is 3.09. The Morgan fingerprint density at radius 1 is 1.06 bits per heavy atom. The molecule has 0 bridgehead atoms. The first kappa shape index (κ1) is 12.4. The maximum Gasteiger partial charge on any atom is 0.713 e. The van der Waals surface area contributed by atoms with Crippen LogP contribution in [0.5, 0.6) is 0 Å². The number of carbonyl (C=O) groups is 2. The van der Waals surface area contributed by atoms with E-state index in [4.69, 9.17) is 0 Å². The molecule has 0 radical (unpaired) electrons. The van der Waals surface area contributed by atoms with Crippen LogP contribution in [0, 0.1) is 0 Å². The van der Waals surface area contributed by atoms with Crippen LogP contribution in [-0.4, -0.2) is 20.8 Å². The van der Waals surface area contributed by atoms with E-state index in [1.165, 1.54) is 12.1 Å². The van der Waals surface area contributed by atoms with Gasteiger partial charge in [0.2, 0.25) is 0 Å². The van der Waals surface area contributed by atoms with Crippen molar-refractivity contribution in [1.82, 2.24) is 0 Å². The van der Waals surface area contributed by atoms with E-state index in [1.54, 1.807) is 18.2 Å². The highest BCUT2D eigenvalue weighted by atomic mass is 28.4. The van der Waals surface area contributed by atoms with Gasteiger partial charge < -0.3 is 8.85 Å². The number of benzene rings is 1. The number of halogens is 1. The van der Waals surface area contributed by atoms with Gasteiger partial charge >= 0.3 is 8.89 Å². The molecule has 0 atom stereocenters. The fourth-order valence-corrected chi connectivity index (χ4v) is 2.75. The minimum atomic E-state index is -4.45. The monoisotopic (exact) mass is 242 g/mol. The van der Waals surface area contributed by atoms with Crippen LogP contribution in [-0.2, 0) is 18.4 Å². The van der Waals surface area contributed by atoms with Crippen molar-refractivity contribution in [2.45, 2.75) is 13.8 Å². The zero-order valence-electron chi connectivity index (χ0n) is 8.90. The van der Waals surface area contributed by atoms with E-state index in [0.29, 0.717) is 0 Å². The summed E-state index contributed by atoms with van der Waals surface area (Å²) in [6.45, 7) is 2.13. The van der Waals surface area contributed by atoms with Gasteiger partial charge in [-0.05, 0) is 0 Å². The number of carbonyl (C=O) groups excluding carboxylic acids is 2. The second-order valence-corrected chi connectivity index (χ2v) is 5.15. The van der Waals surface area contributed by atoms with Crippen LogP contribution in [0.1, 0.15) is 13.8 Å². The average molecular weight is 242 g/mol. The molecule has 0 aromatic heterocycles. The molecule has 0 saturated heterocycles. The lowest BCUT2D eigenvalue weighted by Gasteiger charge is -2.19. The largest absolute Gasteiger partial charge is 0.713 e. The predicted molar refractivity (Wildman–Crippen MR) is 56.5 cm³/mol. The van der Waals surface area contributed by atoms with Gasteiger partial charge in [0.25, 0.3) is 11.9 Å². The minimum absolute atomic E-state index is 0.0837. The van der Waals surface area contributed by atoms with E-state index >= 15 is 0 Å². The van der Waals surface area contributed by atoms with Gasteiger partial charge in [-0.15, -0.1) is 0 Å². The fraction of sp³-hybridized carbons (Fsp3) is 0.200. The van der Waals surface area contributed by atoms with Gasteiger partial charge in [-0.3, -0.25) is 9.59 Å². The summed E-state index contributed by atoms with van der Waals surface area (Å²) in [5, 5.41) is 0.0837. The SMILES string of the molecule is CC(=O)O[Si](F)(OC(C)=O)c1ccccc1. The number of rotatable bonds is 3. The second kappa shape index (κ2) is 4.89. The standard InChI is InChI=1S/C10H11FO4Si/c1-8(12)14-16(11,15-9(2)13)10-6-4-3-5-7-10/h3-7H,1-2H3. The Morgan fingerprint density at radius 2 is 1.50 bits per heavy atom. The summed E-state index contributed by atoms with van der Waals surface area (Å²) in [4.78, 5) is 21.6. The van der Waals surface area contributed by atoms with Gasteiger partial charge in [-0.25, -0.2) is 4.11 Å². The minimum Gasteiger partial charge on any atom is -0.458 e. The summed E-state index contributed by atoms with van der Waals surface area (Å²) in [7, 11) is -4.45. The maximum atomic E-state index is 14.3. The van der Waals surface area contributed by atoms with Gasteiger partial charge in [0.15, 0.2) is 0 Å². The molecule has 0 amide bonds. The molecular weight excluding hydrogens is 231 g/mol. The van der Waals surface area contributed by atoms with Crippen molar-refractivity contribution < 1.29 is 22.5 Å². The lowest BCUT2D eigenvalue weighted by molar-refractivity contribution is -0.140. The third-order valence-electron chi connectivity index (χ3n) is 1.67. The van der Waals surface area contributed by atoms with E-state index in [-0.39, 0.29) is 5.19 Å². The van der Waals surface area contributed by atoms with Crippen molar-refractivity contribution in [2.24, 2.45) is 0 Å². The Kier molecular flexibility index (Phi) is 3.78. The number of hydrogen-bond acceptors (Lipinski definition) is 4. The molecule has 0 unspecified atom stereocenters. The molecule has 0 fully saturated rings. The van der Waals surface area contributed by atoms with E-state index in [1.807, 2.05) is 0 Å². The van der Waals surface area contributed by atoms with Crippen molar-refractivity contribution >= 4 is 26.0 Å². The zero-order chi connectivity index (χ0) is 12.2. The molecule has 16 heavy (non-hydrogen) atoms. The molecule has 6 heteroatoms. The Hall–Kier alpha value is -1.69. The van der Waals surface area contributed by atoms with Crippen molar-refractivity contribution in [1.29, 1.82) is 0 Å². The summed E-state index contributed by atoms with van der Waals surface area (Å²) in [5.74, 6) is -1.64.